The van der Waals surface area contributed by atoms with Gasteiger partial charge in [-0.25, -0.2) is 4.79 Å². The van der Waals surface area contributed by atoms with Gasteiger partial charge in [0.1, 0.15) is 0 Å². The van der Waals surface area contributed by atoms with E-state index >= 15 is 0 Å². The Morgan fingerprint density at radius 2 is 1.53 bits per heavy atom. The van der Waals surface area contributed by atoms with Crippen LogP contribution < -0.4 is 0 Å². The van der Waals surface area contributed by atoms with Gasteiger partial charge in [-0.05, 0) is 41.5 Å². The Hall–Kier alpha value is -0.900. The van der Waals surface area contributed by atoms with E-state index in [4.69, 9.17) is 9.47 Å². The molecule has 1 atom stereocenters. The van der Waals surface area contributed by atoms with Gasteiger partial charge in [-0.15, -0.1) is 0 Å². The standard InChI is InChI=1S/C11H20O4/c1-7(2)14-10(13)11(6,9(5)12)15-8(3)4/h7-8H,1-6H3. The van der Waals surface area contributed by atoms with E-state index in [9.17, 15) is 9.59 Å². The Balaban J connectivity index is 4.78. The SMILES string of the molecule is CC(=O)C(C)(OC(C)C)C(=O)OC(C)C. The summed E-state index contributed by atoms with van der Waals surface area (Å²) in [5.41, 5.74) is -1.49. The number of Topliss-reactive ketones (excluding diaryl/α,β-unsaturated/α-hetero) is 1. The highest BCUT2D eigenvalue weighted by atomic mass is 16.6. The van der Waals surface area contributed by atoms with E-state index < -0.39 is 11.6 Å². The maximum Gasteiger partial charge on any atom is 0.346 e. The molecular weight excluding hydrogens is 196 g/mol. The van der Waals surface area contributed by atoms with E-state index in [1.54, 1.807) is 27.7 Å². The zero-order chi connectivity index (χ0) is 12.2. The summed E-state index contributed by atoms with van der Waals surface area (Å²) < 4.78 is 10.3. The van der Waals surface area contributed by atoms with E-state index in [1.807, 2.05) is 0 Å². The molecule has 0 rings (SSSR count). The normalized spacial score (nSPS) is 15.2. The molecule has 0 N–H and O–H groups in total. The van der Waals surface area contributed by atoms with Crippen LogP contribution in [0, 0.1) is 0 Å². The summed E-state index contributed by atoms with van der Waals surface area (Å²) in [7, 11) is 0. The number of carbonyl (C=O) groups excluding carboxylic acids is 2. The molecule has 0 heterocycles. The average Bonchev–Trinajstić information content (AvgIpc) is 2.00. The number of hydrogen-bond donors (Lipinski definition) is 0. The molecule has 0 aromatic rings. The molecule has 0 spiro atoms. The number of carbonyl (C=O) groups is 2. The lowest BCUT2D eigenvalue weighted by Gasteiger charge is -2.27. The lowest BCUT2D eigenvalue weighted by atomic mass is 10.0. The average molecular weight is 216 g/mol. The first-order valence-corrected chi connectivity index (χ1v) is 5.10. The van der Waals surface area contributed by atoms with E-state index in [0.29, 0.717) is 0 Å². The second-order valence-corrected chi connectivity index (χ2v) is 4.21. The fraction of sp³-hybridized carbons (Fsp3) is 0.818. The van der Waals surface area contributed by atoms with Crippen LogP contribution in [0.1, 0.15) is 41.5 Å². The van der Waals surface area contributed by atoms with Crippen molar-refractivity contribution in [3.63, 3.8) is 0 Å². The molecule has 0 bridgehead atoms. The predicted octanol–water partition coefficient (Wildman–Crippen LogP) is 1.71. The van der Waals surface area contributed by atoms with Crippen molar-refractivity contribution in [3.05, 3.63) is 0 Å². The van der Waals surface area contributed by atoms with Crippen LogP contribution >= 0.6 is 0 Å². The van der Waals surface area contributed by atoms with Crippen molar-refractivity contribution in [1.29, 1.82) is 0 Å². The molecule has 0 amide bonds. The molecule has 1 unspecified atom stereocenters. The Labute approximate surface area is 90.9 Å². The molecule has 0 fully saturated rings. The van der Waals surface area contributed by atoms with Gasteiger partial charge in [0.25, 0.3) is 0 Å². The summed E-state index contributed by atoms with van der Waals surface area (Å²) in [5, 5.41) is 0. The smallest absolute Gasteiger partial charge is 0.346 e. The molecular formula is C11H20O4. The number of hydrogen-bond acceptors (Lipinski definition) is 4. The molecule has 0 aliphatic rings. The number of ether oxygens (including phenoxy) is 2. The Bertz CT molecular complexity index is 245. The summed E-state index contributed by atoms with van der Waals surface area (Å²) in [4.78, 5) is 23.1. The Morgan fingerprint density at radius 1 is 1.07 bits per heavy atom. The largest absolute Gasteiger partial charge is 0.460 e. The van der Waals surface area contributed by atoms with Crippen LogP contribution in [0.25, 0.3) is 0 Å². The summed E-state index contributed by atoms with van der Waals surface area (Å²) >= 11 is 0. The van der Waals surface area contributed by atoms with Crippen molar-refractivity contribution in [3.8, 4) is 0 Å². The van der Waals surface area contributed by atoms with Crippen molar-refractivity contribution in [2.75, 3.05) is 0 Å². The molecule has 4 nitrogen and oxygen atoms in total. The van der Waals surface area contributed by atoms with Gasteiger partial charge in [-0.2, -0.15) is 0 Å². The van der Waals surface area contributed by atoms with Crippen LogP contribution in [-0.2, 0) is 19.1 Å². The molecule has 0 saturated heterocycles. The van der Waals surface area contributed by atoms with Gasteiger partial charge < -0.3 is 9.47 Å². The maximum atomic E-state index is 11.7. The minimum absolute atomic E-state index is 0.210. The first-order chi connectivity index (χ1) is 6.70. The Kier molecular flexibility index (Phi) is 4.94. The number of esters is 1. The lowest BCUT2D eigenvalue weighted by Crippen LogP contribution is -2.48. The third-order valence-corrected chi connectivity index (χ3v) is 1.88. The highest BCUT2D eigenvalue weighted by molar-refractivity contribution is 6.05. The zero-order valence-corrected chi connectivity index (χ0v) is 10.3. The number of rotatable bonds is 5. The zero-order valence-electron chi connectivity index (χ0n) is 10.3. The van der Waals surface area contributed by atoms with Crippen LogP contribution in [-0.4, -0.2) is 29.6 Å². The van der Waals surface area contributed by atoms with Gasteiger partial charge in [0, 0.05) is 0 Å². The molecule has 0 aliphatic carbocycles. The van der Waals surface area contributed by atoms with Gasteiger partial charge in [0.2, 0.25) is 5.60 Å². The van der Waals surface area contributed by atoms with Crippen molar-refractivity contribution < 1.29 is 19.1 Å². The highest BCUT2D eigenvalue weighted by Gasteiger charge is 2.42. The van der Waals surface area contributed by atoms with Crippen LogP contribution in [0.3, 0.4) is 0 Å². The van der Waals surface area contributed by atoms with E-state index in [-0.39, 0.29) is 18.0 Å². The van der Waals surface area contributed by atoms with E-state index in [2.05, 4.69) is 0 Å². The topological polar surface area (TPSA) is 52.6 Å². The summed E-state index contributed by atoms with van der Waals surface area (Å²) in [5.74, 6) is -0.972. The quantitative estimate of drug-likeness (QED) is 0.518. The highest BCUT2D eigenvalue weighted by Crippen LogP contribution is 2.17. The molecule has 0 aromatic carbocycles. The van der Waals surface area contributed by atoms with Gasteiger partial charge in [0.15, 0.2) is 5.78 Å². The third kappa shape index (κ3) is 4.00. The minimum Gasteiger partial charge on any atom is -0.460 e. The lowest BCUT2D eigenvalue weighted by molar-refractivity contribution is -0.182. The Morgan fingerprint density at radius 3 is 1.80 bits per heavy atom. The predicted molar refractivity (Wildman–Crippen MR) is 56.5 cm³/mol. The van der Waals surface area contributed by atoms with E-state index in [1.165, 1.54) is 13.8 Å². The van der Waals surface area contributed by atoms with Crippen molar-refractivity contribution in [2.24, 2.45) is 0 Å². The second-order valence-electron chi connectivity index (χ2n) is 4.21. The first kappa shape index (κ1) is 14.1. The molecule has 15 heavy (non-hydrogen) atoms. The second kappa shape index (κ2) is 5.26. The molecule has 0 aliphatic heterocycles. The van der Waals surface area contributed by atoms with Crippen molar-refractivity contribution in [2.45, 2.75) is 59.4 Å². The van der Waals surface area contributed by atoms with Crippen LogP contribution in [0.5, 0.6) is 0 Å². The monoisotopic (exact) mass is 216 g/mol. The maximum absolute atomic E-state index is 11.7. The van der Waals surface area contributed by atoms with Crippen molar-refractivity contribution >= 4 is 11.8 Å². The summed E-state index contributed by atoms with van der Waals surface area (Å²) in [6.45, 7) is 9.76. The molecule has 0 aromatic heterocycles. The van der Waals surface area contributed by atoms with Gasteiger partial charge in [0.05, 0.1) is 12.2 Å². The number of ketones is 1. The summed E-state index contributed by atoms with van der Waals surface area (Å²) in [6.07, 6.45) is -0.467. The molecule has 4 heteroatoms. The van der Waals surface area contributed by atoms with Gasteiger partial charge in [-0.3, -0.25) is 4.79 Å². The van der Waals surface area contributed by atoms with Gasteiger partial charge in [-0.1, -0.05) is 0 Å². The molecule has 0 radical (unpaired) electrons. The first-order valence-electron chi connectivity index (χ1n) is 5.10. The van der Waals surface area contributed by atoms with Crippen molar-refractivity contribution in [1.82, 2.24) is 0 Å². The van der Waals surface area contributed by atoms with Crippen LogP contribution in [0.4, 0.5) is 0 Å². The fourth-order valence-corrected chi connectivity index (χ4v) is 1.07. The minimum atomic E-state index is -1.49. The van der Waals surface area contributed by atoms with Crippen LogP contribution in [0.15, 0.2) is 0 Å². The molecule has 88 valence electrons. The van der Waals surface area contributed by atoms with E-state index in [0.717, 1.165) is 0 Å². The third-order valence-electron chi connectivity index (χ3n) is 1.88. The fourth-order valence-electron chi connectivity index (χ4n) is 1.07. The molecule has 0 saturated carbocycles. The van der Waals surface area contributed by atoms with Gasteiger partial charge >= 0.3 is 5.97 Å². The van der Waals surface area contributed by atoms with Crippen LogP contribution in [0.2, 0.25) is 0 Å². The summed E-state index contributed by atoms with van der Waals surface area (Å²) in [6, 6.07) is 0.